The third-order valence-electron chi connectivity index (χ3n) is 2.27. The fourth-order valence-corrected chi connectivity index (χ4v) is 4.19. The molecule has 0 N–H and O–H groups in total. The van der Waals surface area contributed by atoms with Crippen LogP contribution in [-0.4, -0.2) is 16.5 Å². The fraction of sp³-hybridized carbons (Fsp3) is 0.333. The van der Waals surface area contributed by atoms with Crippen LogP contribution in [0, 0.1) is 20.8 Å². The molecule has 0 fully saturated rings. The van der Waals surface area contributed by atoms with E-state index in [2.05, 4.69) is 4.98 Å². The van der Waals surface area contributed by atoms with E-state index in [0.717, 1.165) is 20.5 Å². The Labute approximate surface area is 113 Å². The van der Waals surface area contributed by atoms with Crippen molar-refractivity contribution < 1.29 is 4.79 Å². The molecule has 17 heavy (non-hydrogen) atoms. The summed E-state index contributed by atoms with van der Waals surface area (Å²) in [5, 5.41) is 2.01. The number of carbonyl (C=O) groups excluding carboxylic acids is 1. The lowest BCUT2D eigenvalue weighted by Crippen LogP contribution is -2.02. The lowest BCUT2D eigenvalue weighted by Gasteiger charge is -1.97. The van der Waals surface area contributed by atoms with Crippen molar-refractivity contribution in [2.24, 2.45) is 0 Å². The number of hydrogen-bond donors (Lipinski definition) is 0. The summed E-state index contributed by atoms with van der Waals surface area (Å²) in [6.45, 7) is 6.00. The van der Waals surface area contributed by atoms with Crippen LogP contribution in [0.3, 0.4) is 0 Å². The van der Waals surface area contributed by atoms with E-state index in [4.69, 9.17) is 0 Å². The quantitative estimate of drug-likeness (QED) is 0.625. The van der Waals surface area contributed by atoms with E-state index in [0.29, 0.717) is 5.75 Å². The molecule has 0 bridgehead atoms. The van der Waals surface area contributed by atoms with Crippen molar-refractivity contribution in [2.45, 2.75) is 25.1 Å². The summed E-state index contributed by atoms with van der Waals surface area (Å²) in [6, 6.07) is 1.98. The van der Waals surface area contributed by atoms with Crippen LogP contribution >= 0.6 is 34.4 Å². The molecule has 0 spiro atoms. The summed E-state index contributed by atoms with van der Waals surface area (Å²) in [4.78, 5) is 18.7. The number of nitrogens with zero attached hydrogens (tertiary/aromatic N) is 1. The van der Waals surface area contributed by atoms with Gasteiger partial charge in [-0.3, -0.25) is 4.79 Å². The van der Waals surface area contributed by atoms with Crippen molar-refractivity contribution in [3.05, 3.63) is 32.5 Å². The second-order valence-electron chi connectivity index (χ2n) is 3.79. The first-order valence-electron chi connectivity index (χ1n) is 5.21. The molecular formula is C12H13NOS3. The first-order chi connectivity index (χ1) is 8.06. The molecule has 0 saturated carbocycles. The number of aryl methyl sites for hydroxylation is 3. The summed E-state index contributed by atoms with van der Waals surface area (Å²) in [5.41, 5.74) is 1.89. The number of thioether (sulfide) groups is 1. The minimum atomic E-state index is 0.199. The third-order valence-corrected chi connectivity index (χ3v) is 5.37. The molecule has 0 aliphatic carbocycles. The number of rotatable bonds is 4. The zero-order chi connectivity index (χ0) is 12.4. The van der Waals surface area contributed by atoms with Crippen LogP contribution in [0.2, 0.25) is 0 Å². The highest BCUT2D eigenvalue weighted by atomic mass is 32.2. The summed E-state index contributed by atoms with van der Waals surface area (Å²) in [7, 11) is 0. The Kier molecular flexibility index (Phi) is 4.01. The first-order valence-corrected chi connectivity index (χ1v) is 7.89. The van der Waals surface area contributed by atoms with Crippen molar-refractivity contribution in [1.82, 2.24) is 4.98 Å². The standard InChI is InChI=1S/C12H13NOS3/c1-7-5-15-12(13-7)16-6-11(14)10-4-8(2)17-9(10)3/h4-5H,6H2,1-3H3. The maximum Gasteiger partial charge on any atom is 0.174 e. The first kappa shape index (κ1) is 12.8. The molecule has 2 aromatic heterocycles. The summed E-state index contributed by atoms with van der Waals surface area (Å²) < 4.78 is 0.973. The second kappa shape index (κ2) is 5.33. The van der Waals surface area contributed by atoms with E-state index >= 15 is 0 Å². The van der Waals surface area contributed by atoms with Crippen molar-refractivity contribution in [3.63, 3.8) is 0 Å². The van der Waals surface area contributed by atoms with Gasteiger partial charge < -0.3 is 0 Å². The summed E-state index contributed by atoms with van der Waals surface area (Å²) in [6.07, 6.45) is 0. The maximum atomic E-state index is 12.0. The van der Waals surface area contributed by atoms with Crippen LogP contribution < -0.4 is 0 Å². The molecule has 5 heteroatoms. The number of thiazole rings is 1. The lowest BCUT2D eigenvalue weighted by molar-refractivity contribution is 0.102. The molecule has 0 aliphatic heterocycles. The number of Topliss-reactive ketones (excluding diaryl/α,β-unsaturated/α-hetero) is 1. The van der Waals surface area contributed by atoms with Gasteiger partial charge in [-0.25, -0.2) is 4.98 Å². The van der Waals surface area contributed by atoms with E-state index < -0.39 is 0 Å². The smallest absolute Gasteiger partial charge is 0.174 e. The van der Waals surface area contributed by atoms with Gasteiger partial charge >= 0.3 is 0 Å². The number of carbonyl (C=O) groups is 1. The molecule has 0 aliphatic rings. The van der Waals surface area contributed by atoms with Gasteiger partial charge in [0.2, 0.25) is 0 Å². The van der Waals surface area contributed by atoms with Crippen LogP contribution in [0.5, 0.6) is 0 Å². The molecule has 2 nitrogen and oxygen atoms in total. The summed E-state index contributed by atoms with van der Waals surface area (Å²) in [5.74, 6) is 0.675. The fourth-order valence-electron chi connectivity index (χ4n) is 1.51. The van der Waals surface area contributed by atoms with Crippen LogP contribution in [0.15, 0.2) is 15.8 Å². The normalized spacial score (nSPS) is 10.8. The lowest BCUT2D eigenvalue weighted by atomic mass is 10.2. The molecular weight excluding hydrogens is 270 g/mol. The molecule has 0 amide bonds. The van der Waals surface area contributed by atoms with Gasteiger partial charge in [-0.1, -0.05) is 11.8 Å². The highest BCUT2D eigenvalue weighted by molar-refractivity contribution is 8.01. The zero-order valence-corrected chi connectivity index (χ0v) is 12.4. The number of aromatic nitrogens is 1. The predicted molar refractivity (Wildman–Crippen MR) is 75.7 cm³/mol. The van der Waals surface area contributed by atoms with Crippen molar-refractivity contribution in [1.29, 1.82) is 0 Å². The molecule has 0 aromatic carbocycles. The molecule has 0 unspecified atom stereocenters. The van der Waals surface area contributed by atoms with Crippen molar-refractivity contribution in [2.75, 3.05) is 5.75 Å². The monoisotopic (exact) mass is 283 g/mol. The highest BCUT2D eigenvalue weighted by Gasteiger charge is 2.13. The second-order valence-corrected chi connectivity index (χ2v) is 7.33. The van der Waals surface area contributed by atoms with Crippen LogP contribution in [0.4, 0.5) is 0 Å². The summed E-state index contributed by atoms with van der Waals surface area (Å²) >= 11 is 4.80. The van der Waals surface area contributed by atoms with E-state index in [1.54, 1.807) is 22.7 Å². The van der Waals surface area contributed by atoms with Crippen molar-refractivity contribution >= 4 is 40.2 Å². The molecule has 2 aromatic rings. The van der Waals surface area contributed by atoms with Crippen LogP contribution in [0.1, 0.15) is 25.8 Å². The Balaban J connectivity index is 2.00. The van der Waals surface area contributed by atoms with Gasteiger partial charge in [0.05, 0.1) is 5.75 Å². The van der Waals surface area contributed by atoms with Crippen LogP contribution in [-0.2, 0) is 0 Å². The number of thiophene rings is 1. The zero-order valence-electron chi connectivity index (χ0n) is 9.94. The molecule has 2 rings (SSSR count). The Morgan fingerprint density at radius 2 is 2.18 bits per heavy atom. The molecule has 0 atom stereocenters. The topological polar surface area (TPSA) is 30.0 Å². The molecule has 90 valence electrons. The maximum absolute atomic E-state index is 12.0. The minimum absolute atomic E-state index is 0.199. The molecule has 0 radical (unpaired) electrons. The van der Waals surface area contributed by atoms with Gasteiger partial charge in [-0.2, -0.15) is 0 Å². The average molecular weight is 283 g/mol. The Bertz CT molecular complexity index is 542. The highest BCUT2D eigenvalue weighted by Crippen LogP contribution is 2.26. The Hall–Kier alpha value is -0.650. The van der Waals surface area contributed by atoms with Gasteiger partial charge in [-0.15, -0.1) is 22.7 Å². The minimum Gasteiger partial charge on any atom is -0.293 e. The number of hydrogen-bond acceptors (Lipinski definition) is 5. The number of ketones is 1. The van der Waals surface area contributed by atoms with E-state index in [1.165, 1.54) is 16.6 Å². The third kappa shape index (κ3) is 3.18. The molecule has 0 saturated heterocycles. The van der Waals surface area contributed by atoms with E-state index in [1.807, 2.05) is 32.2 Å². The Morgan fingerprint density at radius 3 is 2.71 bits per heavy atom. The SMILES string of the molecule is Cc1csc(SCC(=O)c2cc(C)sc2C)n1. The van der Waals surface area contributed by atoms with E-state index in [9.17, 15) is 4.79 Å². The van der Waals surface area contributed by atoms with Gasteiger partial charge in [0.15, 0.2) is 10.1 Å². The average Bonchev–Trinajstić information content (AvgIpc) is 2.81. The van der Waals surface area contributed by atoms with Gasteiger partial charge in [0.1, 0.15) is 0 Å². The Morgan fingerprint density at radius 1 is 1.41 bits per heavy atom. The largest absolute Gasteiger partial charge is 0.293 e. The van der Waals surface area contributed by atoms with Gasteiger partial charge in [-0.05, 0) is 26.8 Å². The predicted octanol–water partition coefficient (Wildman–Crippen LogP) is 4.10. The van der Waals surface area contributed by atoms with E-state index in [-0.39, 0.29) is 5.78 Å². The van der Waals surface area contributed by atoms with Gasteiger partial charge in [0.25, 0.3) is 0 Å². The van der Waals surface area contributed by atoms with Crippen molar-refractivity contribution in [3.8, 4) is 0 Å². The molecule has 2 heterocycles. The van der Waals surface area contributed by atoms with Gasteiger partial charge in [0, 0.05) is 26.4 Å². The van der Waals surface area contributed by atoms with Crippen LogP contribution in [0.25, 0.3) is 0 Å².